The van der Waals surface area contributed by atoms with Crippen LogP contribution in [0.5, 0.6) is 23.0 Å². The van der Waals surface area contributed by atoms with Gasteiger partial charge in [-0.3, -0.25) is 14.4 Å². The Labute approximate surface area is 256 Å². The van der Waals surface area contributed by atoms with Crippen molar-refractivity contribution in [3.05, 3.63) is 79.4 Å². The number of Topliss-reactive ketones (excluding diaryl/α,β-unsaturated/α-hetero) is 2. The molecule has 12 heteroatoms. The number of aromatic nitrogens is 1. The summed E-state index contributed by atoms with van der Waals surface area (Å²) in [5.41, 5.74) is -0.942. The monoisotopic (exact) mass is 620 g/mol. The number of carbonyl (C=O) groups is 3. The second-order valence-electron chi connectivity index (χ2n) is 10.9. The van der Waals surface area contributed by atoms with Crippen LogP contribution < -0.4 is 29.8 Å². The van der Waals surface area contributed by atoms with Crippen LogP contribution in [-0.2, 0) is 14.3 Å². The molecule has 0 radical (unpaired) electrons. The molecule has 0 fully saturated rings. The molecule has 3 aromatic rings. The van der Waals surface area contributed by atoms with Gasteiger partial charge in [0.15, 0.2) is 5.75 Å². The first-order valence-electron chi connectivity index (χ1n) is 13.7. The molecule has 0 bridgehead atoms. The number of nitrogens with one attached hydrogen (secondary N) is 2. The molecule has 3 heterocycles. The van der Waals surface area contributed by atoms with Crippen LogP contribution in [0.15, 0.2) is 57.7 Å². The number of ketones is 2. The van der Waals surface area contributed by atoms with E-state index in [0.29, 0.717) is 28.0 Å². The van der Waals surface area contributed by atoms with Crippen LogP contribution in [0, 0.1) is 5.92 Å². The van der Waals surface area contributed by atoms with Crippen LogP contribution >= 0.6 is 11.6 Å². The lowest BCUT2D eigenvalue weighted by Gasteiger charge is -2.42. The van der Waals surface area contributed by atoms with Crippen LogP contribution in [0.2, 0.25) is 5.02 Å². The Morgan fingerprint density at radius 1 is 1.00 bits per heavy atom. The zero-order valence-electron chi connectivity index (χ0n) is 24.8. The highest BCUT2D eigenvalue weighted by atomic mass is 35.5. The van der Waals surface area contributed by atoms with E-state index < -0.39 is 40.5 Å². The van der Waals surface area contributed by atoms with Gasteiger partial charge in [0.1, 0.15) is 27.8 Å². The van der Waals surface area contributed by atoms with Crippen molar-refractivity contribution in [3.8, 4) is 23.0 Å². The van der Waals surface area contributed by atoms with E-state index in [2.05, 4.69) is 10.3 Å². The molecular formula is C32H29ClN2O9. The lowest BCUT2D eigenvalue weighted by atomic mass is 9.65. The Balaban J connectivity index is 1.58. The summed E-state index contributed by atoms with van der Waals surface area (Å²) < 4.78 is 27.6. The fraction of sp³-hybridized carbons (Fsp3) is 0.312. The van der Waals surface area contributed by atoms with Gasteiger partial charge in [0.2, 0.25) is 17.2 Å². The van der Waals surface area contributed by atoms with Gasteiger partial charge in [0.05, 0.1) is 45.4 Å². The number of esters is 1. The SMILES string of the molecule is COC(=O)C1=C(C)NC2=C(C(=O)C3(Oc4c(Cl)c(OC)cc(OC)c4C3=O)C(C)C2)C1c1cc2ccc(OC)cc2[nH]c1=O. The van der Waals surface area contributed by atoms with E-state index in [0.717, 1.165) is 0 Å². The quantitative estimate of drug-likeness (QED) is 0.314. The Hall–Kier alpha value is -4.77. The van der Waals surface area contributed by atoms with E-state index >= 15 is 0 Å². The lowest BCUT2D eigenvalue weighted by molar-refractivity contribution is -0.136. The second kappa shape index (κ2) is 10.4. The summed E-state index contributed by atoms with van der Waals surface area (Å²) in [6, 6.07) is 8.24. The number of hydrogen-bond donors (Lipinski definition) is 2. The van der Waals surface area contributed by atoms with Gasteiger partial charge in [-0.25, -0.2) is 4.79 Å². The number of ether oxygens (including phenoxy) is 5. The van der Waals surface area contributed by atoms with Crippen molar-refractivity contribution < 1.29 is 38.1 Å². The second-order valence-corrected chi connectivity index (χ2v) is 11.3. The van der Waals surface area contributed by atoms with Gasteiger partial charge in [-0.2, -0.15) is 0 Å². The number of dihydropyridines is 1. The molecule has 44 heavy (non-hydrogen) atoms. The van der Waals surface area contributed by atoms with E-state index in [1.807, 2.05) is 0 Å². The van der Waals surface area contributed by atoms with Crippen molar-refractivity contribution in [2.24, 2.45) is 5.92 Å². The lowest BCUT2D eigenvalue weighted by Crippen LogP contribution is -2.58. The molecule has 228 valence electrons. The predicted molar refractivity (Wildman–Crippen MR) is 160 cm³/mol. The van der Waals surface area contributed by atoms with Crippen molar-refractivity contribution >= 4 is 40.0 Å². The number of pyridine rings is 1. The van der Waals surface area contributed by atoms with Crippen LogP contribution in [0.25, 0.3) is 10.9 Å². The summed E-state index contributed by atoms with van der Waals surface area (Å²) in [4.78, 5) is 59.1. The summed E-state index contributed by atoms with van der Waals surface area (Å²) in [7, 11) is 5.52. The Bertz CT molecular complexity index is 1920. The number of aromatic amines is 1. The highest BCUT2D eigenvalue weighted by molar-refractivity contribution is 6.36. The topological polar surface area (TPSA) is 142 Å². The molecule has 0 saturated carbocycles. The molecule has 11 nitrogen and oxygen atoms in total. The van der Waals surface area contributed by atoms with Gasteiger partial charge in [-0.1, -0.05) is 18.5 Å². The summed E-state index contributed by atoms with van der Waals surface area (Å²) in [6.07, 6.45) is 0.183. The molecular weight excluding hydrogens is 592 g/mol. The fourth-order valence-corrected chi connectivity index (χ4v) is 6.77. The Morgan fingerprint density at radius 3 is 2.39 bits per heavy atom. The van der Waals surface area contributed by atoms with E-state index in [1.165, 1.54) is 34.5 Å². The minimum Gasteiger partial charge on any atom is -0.497 e. The highest BCUT2D eigenvalue weighted by Gasteiger charge is 2.64. The summed E-state index contributed by atoms with van der Waals surface area (Å²) >= 11 is 6.59. The first kappa shape index (κ1) is 29.3. The summed E-state index contributed by atoms with van der Waals surface area (Å²) in [6.45, 7) is 3.40. The van der Waals surface area contributed by atoms with E-state index in [-0.39, 0.29) is 51.0 Å². The maximum atomic E-state index is 14.9. The molecule has 0 saturated heterocycles. The number of H-pyrrole nitrogens is 1. The van der Waals surface area contributed by atoms with Gasteiger partial charge in [0.25, 0.3) is 5.56 Å². The Kier molecular flexibility index (Phi) is 6.96. The van der Waals surface area contributed by atoms with Crippen molar-refractivity contribution in [2.75, 3.05) is 28.4 Å². The summed E-state index contributed by atoms with van der Waals surface area (Å²) in [5, 5.41) is 3.83. The molecule has 1 aliphatic carbocycles. The number of benzene rings is 2. The first-order chi connectivity index (χ1) is 21.0. The number of halogens is 1. The van der Waals surface area contributed by atoms with Crippen molar-refractivity contribution in [3.63, 3.8) is 0 Å². The zero-order chi connectivity index (χ0) is 31.7. The van der Waals surface area contributed by atoms with Gasteiger partial charge in [-0.15, -0.1) is 0 Å². The minimum absolute atomic E-state index is 0.0130. The predicted octanol–water partition coefficient (Wildman–Crippen LogP) is 4.22. The Morgan fingerprint density at radius 2 is 1.73 bits per heavy atom. The average Bonchev–Trinajstić information content (AvgIpc) is 3.33. The van der Waals surface area contributed by atoms with Crippen LogP contribution in [0.3, 0.4) is 0 Å². The standard InChI is InChI=1S/C32H29ClN2O9/c1-13-9-19-24(28(36)32(13)29(37)25-20(41-4)12-21(42-5)26(33)27(25)44-32)23(22(14(2)34-19)31(39)43-6)17-10-15-7-8-16(40-3)11-18(15)35-30(17)38/h7-8,10-13,23,34H,9H2,1-6H3,(H,35,38). The third kappa shape index (κ3) is 3.95. The molecule has 3 unspecified atom stereocenters. The van der Waals surface area contributed by atoms with Crippen molar-refractivity contribution in [1.82, 2.24) is 10.3 Å². The smallest absolute Gasteiger partial charge is 0.336 e. The highest BCUT2D eigenvalue weighted by Crippen LogP contribution is 2.56. The largest absolute Gasteiger partial charge is 0.497 e. The van der Waals surface area contributed by atoms with Crippen LogP contribution in [0.1, 0.15) is 42.1 Å². The van der Waals surface area contributed by atoms with Crippen molar-refractivity contribution in [2.45, 2.75) is 31.8 Å². The van der Waals surface area contributed by atoms with Gasteiger partial charge in [0, 0.05) is 40.6 Å². The normalized spacial score (nSPS) is 22.4. The third-order valence-electron chi connectivity index (χ3n) is 8.65. The molecule has 3 atom stereocenters. The van der Waals surface area contributed by atoms with E-state index in [1.54, 1.807) is 38.1 Å². The van der Waals surface area contributed by atoms with Gasteiger partial charge in [-0.05, 0) is 36.9 Å². The average molecular weight is 621 g/mol. The number of methoxy groups -OCH3 is 4. The maximum absolute atomic E-state index is 14.9. The number of carbonyl (C=O) groups excluding carboxylic acids is 3. The minimum atomic E-state index is -2.05. The van der Waals surface area contributed by atoms with Gasteiger partial charge < -0.3 is 34.0 Å². The molecule has 2 aromatic carbocycles. The number of hydrogen-bond acceptors (Lipinski definition) is 10. The zero-order valence-corrected chi connectivity index (χ0v) is 25.6. The molecule has 1 aromatic heterocycles. The van der Waals surface area contributed by atoms with Crippen molar-refractivity contribution in [1.29, 1.82) is 0 Å². The van der Waals surface area contributed by atoms with Crippen LogP contribution in [-0.4, -0.2) is 56.6 Å². The molecule has 1 spiro atoms. The molecule has 0 amide bonds. The molecule has 2 aliphatic heterocycles. The van der Waals surface area contributed by atoms with E-state index in [4.69, 9.17) is 35.3 Å². The summed E-state index contributed by atoms with van der Waals surface area (Å²) in [5.74, 6) is -3.10. The number of rotatable bonds is 5. The fourth-order valence-electron chi connectivity index (χ4n) is 6.50. The molecule has 6 rings (SSSR count). The number of allylic oxidation sites excluding steroid dienone is 2. The molecule has 3 aliphatic rings. The first-order valence-corrected chi connectivity index (χ1v) is 14.1. The number of fused-ring (bicyclic) bond motifs is 2. The van der Waals surface area contributed by atoms with Gasteiger partial charge >= 0.3 is 5.97 Å². The third-order valence-corrected chi connectivity index (χ3v) is 9.01. The van der Waals surface area contributed by atoms with Crippen LogP contribution in [0.4, 0.5) is 0 Å². The van der Waals surface area contributed by atoms with E-state index in [9.17, 15) is 19.2 Å². The molecule has 2 N–H and O–H groups in total. The maximum Gasteiger partial charge on any atom is 0.336 e.